The van der Waals surface area contributed by atoms with Gasteiger partial charge in [0.1, 0.15) is 11.6 Å². The second-order valence-corrected chi connectivity index (χ2v) is 9.27. The molecule has 0 unspecified atom stereocenters. The molecule has 1 aromatic heterocycles. The molecule has 1 heterocycles. The molecule has 1 saturated carbocycles. The normalized spacial score (nSPS) is 13.9. The smallest absolute Gasteiger partial charge is 0.225 e. The Morgan fingerprint density at radius 3 is 2.60 bits per heavy atom. The lowest BCUT2D eigenvalue weighted by molar-refractivity contribution is -0.136. The third-order valence-electron chi connectivity index (χ3n) is 5.51. The van der Waals surface area contributed by atoms with Gasteiger partial charge in [-0.1, -0.05) is 18.6 Å². The third kappa shape index (κ3) is 6.53. The second-order valence-electron chi connectivity index (χ2n) is 8.41. The average Bonchev–Trinajstić information content (AvgIpc) is 2.67. The summed E-state index contributed by atoms with van der Waals surface area (Å²) < 4.78 is 6.65. The minimum atomic E-state index is 0.171. The molecule has 30 heavy (non-hydrogen) atoms. The first kappa shape index (κ1) is 22.7. The number of amides is 1. The number of nitrogens with zero attached hydrogens (tertiary/aromatic N) is 3. The summed E-state index contributed by atoms with van der Waals surface area (Å²) >= 11 is 3.58. The van der Waals surface area contributed by atoms with Gasteiger partial charge in [0.2, 0.25) is 5.91 Å². The van der Waals surface area contributed by atoms with Crippen molar-refractivity contribution in [2.75, 3.05) is 13.6 Å². The number of ether oxygens (including phenoxy) is 1. The fourth-order valence-electron chi connectivity index (χ4n) is 3.56. The molecule has 0 spiro atoms. The number of carbonyl (C=O) groups excluding carboxylic acids is 1. The highest BCUT2D eigenvalue weighted by molar-refractivity contribution is 9.10. The molecule has 1 fully saturated rings. The van der Waals surface area contributed by atoms with Crippen molar-refractivity contribution < 1.29 is 9.53 Å². The molecule has 1 aliphatic rings. The van der Waals surface area contributed by atoms with Crippen molar-refractivity contribution in [3.8, 4) is 5.75 Å². The molecule has 0 bridgehead atoms. The van der Waals surface area contributed by atoms with E-state index in [4.69, 9.17) is 9.72 Å². The van der Waals surface area contributed by atoms with Crippen LogP contribution >= 0.6 is 15.9 Å². The molecule has 1 aliphatic carbocycles. The topological polar surface area (TPSA) is 55.3 Å². The standard InChI is InChI=1S/C24H32BrN3O2/c1-17(2)30-20-12-10-18(11-13-20)15-23-26-16-21(25)22(27-23)9-4-5-14-28(3)24(29)19-7-6-8-19/h10-13,16-17,19H,4-9,14-15H2,1-3H3. The van der Waals surface area contributed by atoms with E-state index in [1.807, 2.05) is 44.1 Å². The van der Waals surface area contributed by atoms with Gasteiger partial charge in [0.15, 0.2) is 0 Å². The molecule has 5 nitrogen and oxygen atoms in total. The number of unbranched alkanes of at least 4 members (excludes halogenated alkanes) is 1. The van der Waals surface area contributed by atoms with Gasteiger partial charge in [-0.3, -0.25) is 4.79 Å². The number of benzene rings is 1. The first-order valence-corrected chi connectivity index (χ1v) is 11.7. The largest absolute Gasteiger partial charge is 0.491 e. The Bertz CT molecular complexity index is 835. The molecule has 0 radical (unpaired) electrons. The lowest BCUT2D eigenvalue weighted by atomic mass is 9.84. The maximum Gasteiger partial charge on any atom is 0.225 e. The maximum absolute atomic E-state index is 12.2. The molecule has 162 valence electrons. The average molecular weight is 474 g/mol. The van der Waals surface area contributed by atoms with Gasteiger partial charge in [-0.2, -0.15) is 0 Å². The SMILES string of the molecule is CC(C)Oc1ccc(Cc2ncc(Br)c(CCCCN(C)C(=O)C3CCC3)n2)cc1. The highest BCUT2D eigenvalue weighted by Gasteiger charge is 2.27. The summed E-state index contributed by atoms with van der Waals surface area (Å²) in [4.78, 5) is 23.4. The second kappa shape index (κ2) is 10.9. The first-order chi connectivity index (χ1) is 14.4. The van der Waals surface area contributed by atoms with Crippen molar-refractivity contribution in [3.63, 3.8) is 0 Å². The minimum absolute atomic E-state index is 0.171. The lowest BCUT2D eigenvalue weighted by Crippen LogP contribution is -2.36. The van der Waals surface area contributed by atoms with Crippen LogP contribution in [0.3, 0.4) is 0 Å². The van der Waals surface area contributed by atoms with Crippen LogP contribution in [0.1, 0.15) is 63.0 Å². The van der Waals surface area contributed by atoms with E-state index in [9.17, 15) is 4.79 Å². The van der Waals surface area contributed by atoms with Crippen LogP contribution in [-0.2, 0) is 17.6 Å². The van der Waals surface area contributed by atoms with E-state index >= 15 is 0 Å². The number of carbonyl (C=O) groups is 1. The van der Waals surface area contributed by atoms with Crippen molar-refractivity contribution >= 4 is 21.8 Å². The molecule has 0 saturated heterocycles. The zero-order valence-electron chi connectivity index (χ0n) is 18.2. The Kier molecular flexibility index (Phi) is 8.25. The zero-order chi connectivity index (χ0) is 21.5. The number of aromatic nitrogens is 2. The molecule has 0 aliphatic heterocycles. The van der Waals surface area contributed by atoms with Crippen LogP contribution in [-0.4, -0.2) is 40.5 Å². The summed E-state index contributed by atoms with van der Waals surface area (Å²) in [6.07, 6.45) is 8.90. The lowest BCUT2D eigenvalue weighted by Gasteiger charge is -2.29. The summed E-state index contributed by atoms with van der Waals surface area (Å²) in [6, 6.07) is 8.13. The summed E-state index contributed by atoms with van der Waals surface area (Å²) in [6.45, 7) is 4.86. The van der Waals surface area contributed by atoms with Gasteiger partial charge in [0.25, 0.3) is 0 Å². The van der Waals surface area contributed by atoms with Crippen molar-refractivity contribution in [2.24, 2.45) is 5.92 Å². The van der Waals surface area contributed by atoms with Gasteiger partial charge >= 0.3 is 0 Å². The van der Waals surface area contributed by atoms with Crippen molar-refractivity contribution in [1.29, 1.82) is 0 Å². The van der Waals surface area contributed by atoms with Gasteiger partial charge in [0, 0.05) is 32.1 Å². The summed E-state index contributed by atoms with van der Waals surface area (Å²) in [5.74, 6) is 2.30. The quantitative estimate of drug-likeness (QED) is 0.445. The molecule has 1 amide bonds. The van der Waals surface area contributed by atoms with Gasteiger partial charge < -0.3 is 9.64 Å². The summed E-state index contributed by atoms with van der Waals surface area (Å²) in [5.41, 5.74) is 2.20. The van der Waals surface area contributed by atoms with E-state index in [1.165, 1.54) is 6.42 Å². The van der Waals surface area contributed by atoms with Crippen LogP contribution in [0.15, 0.2) is 34.9 Å². The van der Waals surface area contributed by atoms with E-state index < -0.39 is 0 Å². The number of hydrogen-bond acceptors (Lipinski definition) is 4. The molecule has 2 aromatic rings. The highest BCUT2D eigenvalue weighted by Crippen LogP contribution is 2.28. The predicted octanol–water partition coefficient (Wildman–Crippen LogP) is 5.20. The predicted molar refractivity (Wildman–Crippen MR) is 123 cm³/mol. The van der Waals surface area contributed by atoms with Crippen LogP contribution in [0.25, 0.3) is 0 Å². The Balaban J connectivity index is 1.49. The van der Waals surface area contributed by atoms with E-state index in [0.717, 1.165) is 66.0 Å². The summed E-state index contributed by atoms with van der Waals surface area (Å²) in [5, 5.41) is 0. The molecule has 1 aromatic carbocycles. The fourth-order valence-corrected chi connectivity index (χ4v) is 3.95. The Labute approximate surface area is 188 Å². The third-order valence-corrected chi connectivity index (χ3v) is 6.17. The Hall–Kier alpha value is -1.95. The van der Waals surface area contributed by atoms with E-state index in [-0.39, 0.29) is 12.0 Å². The van der Waals surface area contributed by atoms with Crippen LogP contribution < -0.4 is 4.74 Å². The highest BCUT2D eigenvalue weighted by atomic mass is 79.9. The molecule has 0 N–H and O–H groups in total. The van der Waals surface area contributed by atoms with Crippen molar-refractivity contribution in [3.05, 3.63) is 52.0 Å². The van der Waals surface area contributed by atoms with E-state index in [1.54, 1.807) is 0 Å². The Morgan fingerprint density at radius 1 is 1.23 bits per heavy atom. The molecular weight excluding hydrogens is 442 g/mol. The van der Waals surface area contributed by atoms with E-state index in [2.05, 4.69) is 33.0 Å². The van der Waals surface area contributed by atoms with Crippen LogP contribution in [0.4, 0.5) is 0 Å². The molecular formula is C24H32BrN3O2. The number of aryl methyl sites for hydroxylation is 1. The monoisotopic (exact) mass is 473 g/mol. The van der Waals surface area contributed by atoms with Gasteiger partial charge in [-0.25, -0.2) is 9.97 Å². The number of halogens is 1. The van der Waals surface area contributed by atoms with Crippen LogP contribution in [0.2, 0.25) is 0 Å². The van der Waals surface area contributed by atoms with Crippen molar-refractivity contribution in [2.45, 2.75) is 64.9 Å². The zero-order valence-corrected chi connectivity index (χ0v) is 19.8. The van der Waals surface area contributed by atoms with Gasteiger partial charge in [0.05, 0.1) is 16.3 Å². The van der Waals surface area contributed by atoms with Crippen LogP contribution in [0.5, 0.6) is 5.75 Å². The Morgan fingerprint density at radius 2 is 1.97 bits per heavy atom. The molecule has 3 rings (SSSR count). The number of rotatable bonds is 10. The van der Waals surface area contributed by atoms with Gasteiger partial charge in [-0.15, -0.1) is 0 Å². The number of hydrogen-bond donors (Lipinski definition) is 0. The van der Waals surface area contributed by atoms with Crippen molar-refractivity contribution in [1.82, 2.24) is 14.9 Å². The maximum atomic E-state index is 12.2. The van der Waals surface area contributed by atoms with Gasteiger partial charge in [-0.05, 0) is 79.6 Å². The minimum Gasteiger partial charge on any atom is -0.491 e. The van der Waals surface area contributed by atoms with E-state index in [0.29, 0.717) is 12.3 Å². The van der Waals surface area contributed by atoms with Crippen LogP contribution in [0, 0.1) is 5.92 Å². The molecule has 0 atom stereocenters. The summed E-state index contributed by atoms with van der Waals surface area (Å²) in [7, 11) is 1.93. The molecule has 6 heteroatoms. The first-order valence-electron chi connectivity index (χ1n) is 10.9. The fraction of sp³-hybridized carbons (Fsp3) is 0.542.